The third-order valence-electron chi connectivity index (χ3n) is 14.3. The second-order valence-electron chi connectivity index (χ2n) is 21.9. The van der Waals surface area contributed by atoms with Gasteiger partial charge in [0.15, 0.2) is 5.96 Å². The van der Waals surface area contributed by atoms with E-state index in [1.165, 1.54) is 49.5 Å². The lowest BCUT2D eigenvalue weighted by Crippen LogP contribution is -2.62. The lowest BCUT2D eigenvalue weighted by molar-refractivity contribution is -0.142. The summed E-state index contributed by atoms with van der Waals surface area (Å²) in [5.41, 5.74) is 17.3. The average molecular weight is 1240 g/mol. The number of aliphatic hydroxyl groups is 2. The number of urea groups is 1. The van der Waals surface area contributed by atoms with Crippen LogP contribution in [0.4, 0.5) is 9.18 Å². The zero-order valence-corrected chi connectivity index (χ0v) is 49.7. The van der Waals surface area contributed by atoms with Crippen LogP contribution in [-0.2, 0) is 67.2 Å². The molecule has 0 radical (unpaired) electrons. The number of guanidine groups is 1. The highest BCUT2D eigenvalue weighted by atomic mass is 19.1. The number of aliphatic hydroxyl groups excluding tert-OH is 2. The fraction of sp³-hybridized carbons (Fsp3) is 0.448. The Morgan fingerprint density at radius 3 is 1.98 bits per heavy atom. The summed E-state index contributed by atoms with van der Waals surface area (Å²) in [6.45, 7) is 5.49. The predicted octanol–water partition coefficient (Wildman–Crippen LogP) is -3.06. The van der Waals surface area contributed by atoms with Gasteiger partial charge >= 0.3 is 6.03 Å². The quantitative estimate of drug-likeness (QED) is 0.0107. The smallest absolute Gasteiger partial charge is 0.334 e. The number of phenolic OH excluding ortho intramolecular Hbond substituents is 1. The van der Waals surface area contributed by atoms with Gasteiger partial charge in [-0.3, -0.25) is 58.8 Å². The van der Waals surface area contributed by atoms with Crippen molar-refractivity contribution in [1.29, 1.82) is 5.41 Å². The third kappa shape index (κ3) is 21.5. The molecule has 482 valence electrons. The summed E-state index contributed by atoms with van der Waals surface area (Å²) in [6.07, 6.45) is -3.19. The van der Waals surface area contributed by atoms with Gasteiger partial charge in [-0.05, 0) is 73.1 Å². The summed E-state index contributed by atoms with van der Waals surface area (Å²) in [6, 6.07) is 4.56. The lowest BCUT2D eigenvalue weighted by atomic mass is 10.0. The van der Waals surface area contributed by atoms with Crippen molar-refractivity contribution in [2.45, 2.75) is 140 Å². The number of amides is 12. The molecule has 10 atom stereocenters. The Labute approximate surface area is 511 Å². The number of carbonyl (C=O) groups is 11. The van der Waals surface area contributed by atoms with Crippen LogP contribution in [0.1, 0.15) is 76.5 Å². The van der Waals surface area contributed by atoms with Crippen molar-refractivity contribution in [3.05, 3.63) is 102 Å². The van der Waals surface area contributed by atoms with E-state index >= 15 is 4.39 Å². The van der Waals surface area contributed by atoms with E-state index < -0.39 is 144 Å². The number of nitrogens with two attached hydrogens (primary N) is 2. The molecule has 89 heavy (non-hydrogen) atoms. The first-order chi connectivity index (χ1) is 42.1. The van der Waals surface area contributed by atoms with Gasteiger partial charge in [0.1, 0.15) is 59.9 Å². The van der Waals surface area contributed by atoms with Gasteiger partial charge in [-0.2, -0.15) is 0 Å². The Kier molecular flexibility index (Phi) is 26.1. The zero-order chi connectivity index (χ0) is 65.6. The van der Waals surface area contributed by atoms with Crippen LogP contribution >= 0.6 is 0 Å². The molecule has 4 aromatic rings. The van der Waals surface area contributed by atoms with Gasteiger partial charge in [-0.15, -0.1) is 0 Å². The standard InChI is InChI=1S/C58H79FN16O14/c1-29(2)21-42(51(83)67-40(15-10-20-64-57(62)63-5)50(82)68-41(49(61)81)24-34-27-65-39-14-9-7-12-37(34)39)71-58(89)74-73-53(85)43(23-33-11-6-8-13-38(33)59)70-55(87)48(30(3)76)72-52(84)44(26-47(60)80)69-54(86)46-25-36(79)28-75(46)56(88)45(66-31(4)77)22-32-16-18-35(78)19-17-32/h6-9,11-14,16-19,27,29-30,36,40-46,48,65,76,78-79H,10,15,20-26,28H2,1-5H3,(H2,60,80)(H2,61,81)(H,66,77)(H,67,83)(H,68,82)(H,69,86)(H,70,87)(H,72,84)(H,73,85)(H3,62,63,64)(H2,71,74,89)/t30-,36-,40+,41+,42+,43+,44+,45-,46+,48?/m1/s1. The molecule has 3 aromatic carbocycles. The van der Waals surface area contributed by atoms with Crippen molar-refractivity contribution in [3.8, 4) is 5.75 Å². The predicted molar refractivity (Wildman–Crippen MR) is 319 cm³/mol. The van der Waals surface area contributed by atoms with E-state index in [1.807, 2.05) is 18.2 Å². The zero-order valence-electron chi connectivity index (χ0n) is 49.7. The molecule has 1 aliphatic heterocycles. The fourth-order valence-electron chi connectivity index (χ4n) is 9.78. The number of rotatable bonds is 30. The van der Waals surface area contributed by atoms with Crippen molar-refractivity contribution < 1.29 is 72.4 Å². The first kappa shape index (κ1) is 69.9. The van der Waals surface area contributed by atoms with Crippen LogP contribution in [0.5, 0.6) is 5.75 Å². The largest absolute Gasteiger partial charge is 0.508 e. The van der Waals surface area contributed by atoms with Crippen LogP contribution in [-0.4, -0.2) is 177 Å². The summed E-state index contributed by atoms with van der Waals surface area (Å²) in [7, 11) is 1.53. The number of carbonyl (C=O) groups excluding carboxylic acids is 11. The number of aromatic hydroxyl groups is 1. The molecule has 0 spiro atoms. The molecular formula is C58H79FN16O14. The van der Waals surface area contributed by atoms with E-state index in [0.29, 0.717) is 11.1 Å². The van der Waals surface area contributed by atoms with E-state index in [4.69, 9.17) is 16.9 Å². The molecule has 30 nitrogen and oxygen atoms in total. The molecule has 0 saturated carbocycles. The molecule has 1 aromatic heterocycles. The molecule has 2 heterocycles. The van der Waals surface area contributed by atoms with E-state index in [9.17, 15) is 68.1 Å². The number of fused-ring (bicyclic) bond motifs is 1. The molecule has 5 rings (SSSR count). The first-order valence-corrected chi connectivity index (χ1v) is 28.6. The second-order valence-corrected chi connectivity index (χ2v) is 21.9. The first-order valence-electron chi connectivity index (χ1n) is 28.6. The highest BCUT2D eigenvalue weighted by Gasteiger charge is 2.43. The fourth-order valence-corrected chi connectivity index (χ4v) is 9.78. The van der Waals surface area contributed by atoms with Gasteiger partial charge in [-0.25, -0.2) is 14.6 Å². The molecule has 12 amide bonds. The van der Waals surface area contributed by atoms with Crippen LogP contribution in [0.3, 0.4) is 0 Å². The molecule has 0 aliphatic carbocycles. The highest BCUT2D eigenvalue weighted by molar-refractivity contribution is 5.99. The van der Waals surface area contributed by atoms with Gasteiger partial charge in [0, 0.05) is 69.8 Å². The maximum absolute atomic E-state index is 15.2. The van der Waals surface area contributed by atoms with Crippen molar-refractivity contribution in [2.24, 2.45) is 17.4 Å². The molecule has 0 bridgehead atoms. The number of nitrogens with zero attached hydrogens (tertiary/aromatic N) is 1. The number of hydrogen-bond donors (Lipinski definition) is 18. The van der Waals surface area contributed by atoms with Crippen LogP contribution < -0.4 is 70.2 Å². The minimum atomic E-state index is -1.99. The van der Waals surface area contributed by atoms with Crippen molar-refractivity contribution in [1.82, 2.24) is 68.6 Å². The Morgan fingerprint density at radius 1 is 0.708 bits per heavy atom. The number of hydrazine groups is 1. The molecule has 1 unspecified atom stereocenters. The van der Waals surface area contributed by atoms with Gasteiger partial charge in [-0.1, -0.05) is 62.4 Å². The number of benzene rings is 3. The average Bonchev–Trinajstić information content (AvgIpc) is 3.62. The normalized spacial score (nSPS) is 16.3. The number of likely N-dealkylation sites (tertiary alicyclic amines) is 1. The number of primary amides is 2. The number of halogens is 1. The summed E-state index contributed by atoms with van der Waals surface area (Å²) < 4.78 is 15.2. The minimum absolute atomic E-state index is 0.00480. The van der Waals surface area contributed by atoms with Crippen LogP contribution in [0.15, 0.2) is 79.0 Å². The molecule has 31 heteroatoms. The van der Waals surface area contributed by atoms with Crippen molar-refractivity contribution >= 4 is 82.0 Å². The number of para-hydroxylation sites is 1. The number of phenols is 1. The number of H-pyrrole nitrogens is 1. The monoisotopic (exact) mass is 1240 g/mol. The number of nitrogens with one attached hydrogen (secondary N) is 13. The van der Waals surface area contributed by atoms with Crippen molar-refractivity contribution in [3.63, 3.8) is 0 Å². The summed E-state index contributed by atoms with van der Waals surface area (Å²) in [5.74, 6) is -11.1. The number of aromatic amines is 1. The van der Waals surface area contributed by atoms with E-state index in [0.717, 1.165) is 35.7 Å². The highest BCUT2D eigenvalue weighted by Crippen LogP contribution is 2.23. The van der Waals surface area contributed by atoms with Gasteiger partial charge in [0.2, 0.25) is 53.2 Å². The molecule has 20 N–H and O–H groups in total. The maximum Gasteiger partial charge on any atom is 0.334 e. The van der Waals surface area contributed by atoms with Crippen LogP contribution in [0.2, 0.25) is 0 Å². The molecule has 1 aliphatic rings. The molecule has 1 saturated heterocycles. The number of β-amino-alcohol motifs (C(OH)–C–C–N with tert-alkyl or cyclic N) is 1. The van der Waals surface area contributed by atoms with Crippen molar-refractivity contribution in [2.75, 3.05) is 20.1 Å². The summed E-state index contributed by atoms with van der Waals surface area (Å²) in [4.78, 5) is 153. The van der Waals surface area contributed by atoms with Crippen LogP contribution in [0.25, 0.3) is 10.9 Å². The Hall–Kier alpha value is -9.91. The maximum atomic E-state index is 15.2. The van der Waals surface area contributed by atoms with Gasteiger partial charge in [0.25, 0.3) is 5.91 Å². The van der Waals surface area contributed by atoms with E-state index in [-0.39, 0.29) is 74.8 Å². The number of hydrogen-bond acceptors (Lipinski definition) is 15. The van der Waals surface area contributed by atoms with E-state index in [2.05, 4.69) is 63.7 Å². The lowest BCUT2D eigenvalue weighted by Gasteiger charge is -2.30. The summed E-state index contributed by atoms with van der Waals surface area (Å²) >= 11 is 0. The Morgan fingerprint density at radius 2 is 1.34 bits per heavy atom. The van der Waals surface area contributed by atoms with Gasteiger partial charge in [0.05, 0.1) is 18.6 Å². The molecular weight excluding hydrogens is 1160 g/mol. The third-order valence-corrected chi connectivity index (χ3v) is 14.3. The Balaban J connectivity index is 1.29. The van der Waals surface area contributed by atoms with E-state index in [1.54, 1.807) is 26.1 Å². The second kappa shape index (κ2) is 33.3. The minimum Gasteiger partial charge on any atom is -0.508 e. The Bertz CT molecular complexity index is 3200. The van der Waals surface area contributed by atoms with Gasteiger partial charge < -0.3 is 84.5 Å². The summed E-state index contributed by atoms with van der Waals surface area (Å²) in [5, 5.41) is 62.4. The SMILES string of the molecule is CNC(=N)NCCC[C@H](NC(=O)[C@H](CC(C)C)NC(=O)NNC(=O)[C@H](Cc1ccccc1F)NC(=O)C(NC(=O)[C@H](CC(N)=O)NC(=O)[C@@H]1C[C@@H](O)CN1C(=O)[C@@H](Cc1ccc(O)cc1)NC(C)=O)[C@@H](C)O)C(=O)N[C@@H](Cc1c[nH]c2ccccc12)C(N)=O. The van der Waals surface area contributed by atoms with Crippen LogP contribution in [0, 0.1) is 17.1 Å². The number of aromatic nitrogens is 1. The topological polar surface area (TPSA) is 476 Å². The molecule has 1 fully saturated rings.